The zero-order valence-electron chi connectivity index (χ0n) is 13.6. The molecule has 0 aromatic carbocycles. The number of thiazole rings is 1. The highest BCUT2D eigenvalue weighted by Crippen LogP contribution is 2.35. The van der Waals surface area contributed by atoms with Crippen LogP contribution in [-0.4, -0.2) is 25.7 Å². The average Bonchev–Trinajstić information content (AvgIpc) is 2.93. The largest absolute Gasteiger partial charge is 0.383 e. The van der Waals surface area contributed by atoms with Gasteiger partial charge in [-0.25, -0.2) is 19.9 Å². The number of nitriles is 1. The van der Waals surface area contributed by atoms with Crippen molar-refractivity contribution in [1.29, 1.82) is 5.26 Å². The Kier molecular flexibility index (Phi) is 4.83. The van der Waals surface area contributed by atoms with E-state index in [9.17, 15) is 5.26 Å². The SMILES string of the molecule is CCSc1ncc(-c2cc(-c3sc(N)nc3C)nc(N)c2C#N)cn1. The molecule has 0 aliphatic carbocycles. The highest BCUT2D eigenvalue weighted by molar-refractivity contribution is 7.99. The van der Waals surface area contributed by atoms with Crippen molar-refractivity contribution in [2.24, 2.45) is 0 Å². The van der Waals surface area contributed by atoms with Crippen molar-refractivity contribution >= 4 is 34.0 Å². The monoisotopic (exact) mass is 369 g/mol. The summed E-state index contributed by atoms with van der Waals surface area (Å²) in [5.41, 5.74) is 14.9. The predicted molar refractivity (Wildman–Crippen MR) is 101 cm³/mol. The first-order valence-electron chi connectivity index (χ1n) is 7.42. The Hall–Kier alpha value is -2.70. The van der Waals surface area contributed by atoms with Gasteiger partial charge in [0.2, 0.25) is 0 Å². The molecule has 0 unspecified atom stereocenters. The molecule has 3 aromatic rings. The van der Waals surface area contributed by atoms with Gasteiger partial charge in [0.05, 0.1) is 16.3 Å². The quantitative estimate of drug-likeness (QED) is 0.530. The van der Waals surface area contributed by atoms with Gasteiger partial charge in [0.1, 0.15) is 17.5 Å². The minimum atomic E-state index is 0.161. The molecule has 0 spiro atoms. The summed E-state index contributed by atoms with van der Waals surface area (Å²) in [6, 6.07) is 3.92. The maximum Gasteiger partial charge on any atom is 0.187 e. The Bertz CT molecular complexity index is 958. The number of nitrogens with two attached hydrogens (primary N) is 2. The number of rotatable bonds is 4. The van der Waals surface area contributed by atoms with Gasteiger partial charge in [0.25, 0.3) is 0 Å². The summed E-state index contributed by atoms with van der Waals surface area (Å²) in [7, 11) is 0. The van der Waals surface area contributed by atoms with Crippen molar-refractivity contribution in [1.82, 2.24) is 19.9 Å². The topological polar surface area (TPSA) is 127 Å². The van der Waals surface area contributed by atoms with Crippen LogP contribution in [0.1, 0.15) is 18.2 Å². The van der Waals surface area contributed by atoms with Gasteiger partial charge in [-0.15, -0.1) is 0 Å². The van der Waals surface area contributed by atoms with E-state index in [1.165, 1.54) is 11.3 Å². The summed E-state index contributed by atoms with van der Waals surface area (Å²) in [6.45, 7) is 3.90. The van der Waals surface area contributed by atoms with E-state index in [1.807, 2.05) is 13.8 Å². The predicted octanol–water partition coefficient (Wildman–Crippen LogP) is 3.12. The van der Waals surface area contributed by atoms with Crippen LogP contribution in [0, 0.1) is 18.3 Å². The number of hydrogen-bond acceptors (Lipinski definition) is 9. The molecule has 0 amide bonds. The molecule has 3 aromatic heterocycles. The van der Waals surface area contributed by atoms with Gasteiger partial charge >= 0.3 is 0 Å². The summed E-state index contributed by atoms with van der Waals surface area (Å²) in [6.07, 6.45) is 3.39. The normalized spacial score (nSPS) is 10.6. The number of aromatic nitrogens is 4. The number of pyridine rings is 1. The Morgan fingerprint density at radius 2 is 1.96 bits per heavy atom. The van der Waals surface area contributed by atoms with E-state index in [0.29, 0.717) is 32.7 Å². The van der Waals surface area contributed by atoms with E-state index < -0.39 is 0 Å². The molecule has 0 radical (unpaired) electrons. The highest BCUT2D eigenvalue weighted by atomic mass is 32.2. The van der Waals surface area contributed by atoms with Crippen LogP contribution in [-0.2, 0) is 0 Å². The first kappa shape index (κ1) is 17.1. The minimum Gasteiger partial charge on any atom is -0.383 e. The summed E-state index contributed by atoms with van der Waals surface area (Å²) in [5, 5.41) is 10.6. The molecule has 0 aliphatic rings. The zero-order chi connectivity index (χ0) is 18.0. The molecule has 0 saturated carbocycles. The lowest BCUT2D eigenvalue weighted by Gasteiger charge is -2.09. The number of aryl methyl sites for hydroxylation is 1. The summed E-state index contributed by atoms with van der Waals surface area (Å²) < 4.78 is 0. The molecule has 4 N–H and O–H groups in total. The smallest absolute Gasteiger partial charge is 0.187 e. The standard InChI is InChI=1S/C16H15N7S2/c1-3-24-16-20-6-9(7-21-16)10-4-12(23-14(18)11(10)5-17)13-8(2)22-15(19)25-13/h4,6-7H,3H2,1-2H3,(H2,18,23)(H2,19,22). The van der Waals surface area contributed by atoms with Gasteiger partial charge in [0, 0.05) is 23.5 Å². The van der Waals surface area contributed by atoms with Gasteiger partial charge < -0.3 is 11.5 Å². The minimum absolute atomic E-state index is 0.161. The third kappa shape index (κ3) is 3.40. The summed E-state index contributed by atoms with van der Waals surface area (Å²) in [4.78, 5) is 18.0. The number of thioether (sulfide) groups is 1. The Morgan fingerprint density at radius 1 is 1.24 bits per heavy atom. The van der Waals surface area contributed by atoms with Crippen LogP contribution in [0.25, 0.3) is 21.7 Å². The first-order chi connectivity index (χ1) is 12.0. The lowest BCUT2D eigenvalue weighted by Crippen LogP contribution is -2.00. The molecule has 25 heavy (non-hydrogen) atoms. The van der Waals surface area contributed by atoms with Gasteiger partial charge in [-0.05, 0) is 18.7 Å². The fourth-order valence-corrected chi connectivity index (χ4v) is 3.65. The fraction of sp³-hybridized carbons (Fsp3) is 0.188. The summed E-state index contributed by atoms with van der Waals surface area (Å²) in [5.74, 6) is 1.05. The van der Waals surface area contributed by atoms with Crippen LogP contribution in [0.5, 0.6) is 0 Å². The molecule has 0 saturated heterocycles. The van der Waals surface area contributed by atoms with Crippen molar-refractivity contribution in [3.8, 4) is 27.8 Å². The second-order valence-corrected chi connectivity index (χ2v) is 7.34. The lowest BCUT2D eigenvalue weighted by molar-refractivity contribution is 0.970. The number of nitrogens with zero attached hydrogens (tertiary/aromatic N) is 5. The van der Waals surface area contributed by atoms with E-state index in [0.717, 1.165) is 16.3 Å². The van der Waals surface area contributed by atoms with Crippen molar-refractivity contribution < 1.29 is 0 Å². The van der Waals surface area contributed by atoms with Crippen LogP contribution < -0.4 is 11.5 Å². The second-order valence-electron chi connectivity index (χ2n) is 5.08. The van der Waals surface area contributed by atoms with Gasteiger partial charge in [0.15, 0.2) is 10.3 Å². The number of nitrogen functional groups attached to an aromatic ring is 2. The van der Waals surface area contributed by atoms with E-state index in [1.54, 1.807) is 30.2 Å². The van der Waals surface area contributed by atoms with Crippen LogP contribution >= 0.6 is 23.1 Å². The molecule has 0 atom stereocenters. The lowest BCUT2D eigenvalue weighted by atomic mass is 10.0. The van der Waals surface area contributed by atoms with Crippen LogP contribution in [0.2, 0.25) is 0 Å². The van der Waals surface area contributed by atoms with E-state index in [4.69, 9.17) is 11.5 Å². The van der Waals surface area contributed by atoms with Crippen LogP contribution in [0.3, 0.4) is 0 Å². The van der Waals surface area contributed by atoms with E-state index in [-0.39, 0.29) is 5.82 Å². The second kappa shape index (κ2) is 7.04. The van der Waals surface area contributed by atoms with Crippen LogP contribution in [0.15, 0.2) is 23.6 Å². The van der Waals surface area contributed by atoms with E-state index in [2.05, 4.69) is 26.0 Å². The third-order valence-electron chi connectivity index (χ3n) is 3.42. The average molecular weight is 369 g/mol. The Labute approximate surface area is 153 Å². The fourth-order valence-electron chi connectivity index (χ4n) is 2.34. The third-order valence-corrected chi connectivity index (χ3v) is 5.18. The highest BCUT2D eigenvalue weighted by Gasteiger charge is 2.17. The molecule has 3 heterocycles. The maximum absolute atomic E-state index is 9.47. The molecular formula is C16H15N7S2. The molecule has 126 valence electrons. The van der Waals surface area contributed by atoms with Crippen molar-refractivity contribution in [3.05, 3.63) is 29.7 Å². The van der Waals surface area contributed by atoms with Gasteiger partial charge in [-0.3, -0.25) is 0 Å². The zero-order valence-corrected chi connectivity index (χ0v) is 15.3. The van der Waals surface area contributed by atoms with Gasteiger partial charge in [-0.1, -0.05) is 30.0 Å². The maximum atomic E-state index is 9.47. The molecular weight excluding hydrogens is 354 g/mol. The van der Waals surface area contributed by atoms with Crippen LogP contribution in [0.4, 0.5) is 10.9 Å². The van der Waals surface area contributed by atoms with Gasteiger partial charge in [-0.2, -0.15) is 5.26 Å². The Morgan fingerprint density at radius 3 is 2.52 bits per heavy atom. The van der Waals surface area contributed by atoms with Crippen molar-refractivity contribution in [2.45, 2.75) is 19.0 Å². The molecule has 0 fully saturated rings. The molecule has 9 heteroatoms. The van der Waals surface area contributed by atoms with Crippen molar-refractivity contribution in [2.75, 3.05) is 17.2 Å². The van der Waals surface area contributed by atoms with E-state index >= 15 is 0 Å². The first-order valence-corrected chi connectivity index (χ1v) is 9.22. The van der Waals surface area contributed by atoms with Crippen molar-refractivity contribution in [3.63, 3.8) is 0 Å². The summed E-state index contributed by atoms with van der Waals surface area (Å²) >= 11 is 2.89. The number of anilines is 2. The molecule has 0 aliphatic heterocycles. The molecule has 0 bridgehead atoms. The number of hydrogen-bond donors (Lipinski definition) is 2. The molecule has 3 rings (SSSR count). The Balaban J connectivity index is 2.14. The molecule has 7 nitrogen and oxygen atoms in total.